The number of rotatable bonds is 3. The number of methoxy groups -OCH3 is 1. The number of carbonyl (C=O) groups is 2. The van der Waals surface area contributed by atoms with Gasteiger partial charge in [0, 0.05) is 5.56 Å². The Hall–Kier alpha value is -3.28. The fraction of sp³-hybridized carbons (Fsp3) is 0.0556. The van der Waals surface area contributed by atoms with E-state index < -0.39 is 17.8 Å². The van der Waals surface area contributed by atoms with Crippen LogP contribution in [0.4, 0.5) is 4.39 Å². The van der Waals surface area contributed by atoms with Crippen LogP contribution in [0.5, 0.6) is 0 Å². The Kier molecular flexibility index (Phi) is 4.20. The molecule has 0 aromatic heterocycles. The molecule has 6 heteroatoms. The molecule has 0 bridgehead atoms. The Balaban J connectivity index is 2.03. The van der Waals surface area contributed by atoms with E-state index in [0.29, 0.717) is 5.56 Å². The van der Waals surface area contributed by atoms with Gasteiger partial charge in [0.1, 0.15) is 11.4 Å². The summed E-state index contributed by atoms with van der Waals surface area (Å²) in [6.07, 6.45) is 1.30. The second kappa shape index (κ2) is 6.45. The van der Waals surface area contributed by atoms with Gasteiger partial charge in [-0.05, 0) is 29.8 Å². The average molecular weight is 325 g/mol. The molecule has 0 saturated heterocycles. The maximum Gasteiger partial charge on any atom is 0.363 e. The van der Waals surface area contributed by atoms with E-state index in [4.69, 9.17) is 4.74 Å². The molecule has 1 aliphatic rings. The van der Waals surface area contributed by atoms with Crippen molar-refractivity contribution < 1.29 is 23.5 Å². The van der Waals surface area contributed by atoms with Crippen LogP contribution < -0.4 is 0 Å². The lowest BCUT2D eigenvalue weighted by Gasteiger charge is -2.05. The lowest BCUT2D eigenvalue weighted by Crippen LogP contribution is -2.08. The van der Waals surface area contributed by atoms with Crippen molar-refractivity contribution >= 4 is 23.9 Å². The summed E-state index contributed by atoms with van der Waals surface area (Å²) >= 11 is 0. The Morgan fingerprint density at radius 1 is 1.17 bits per heavy atom. The van der Waals surface area contributed by atoms with Crippen LogP contribution in [-0.2, 0) is 14.3 Å². The van der Waals surface area contributed by atoms with Crippen LogP contribution in [0.2, 0.25) is 0 Å². The second-order valence-corrected chi connectivity index (χ2v) is 4.90. The summed E-state index contributed by atoms with van der Waals surface area (Å²) in [5.41, 5.74) is 0.543. The van der Waals surface area contributed by atoms with Gasteiger partial charge in [0.05, 0.1) is 7.11 Å². The Bertz CT molecular complexity index is 872. The molecule has 0 unspecified atom stereocenters. The predicted octanol–water partition coefficient (Wildman–Crippen LogP) is 2.96. The van der Waals surface area contributed by atoms with Gasteiger partial charge >= 0.3 is 11.9 Å². The normalized spacial score (nSPS) is 15.2. The summed E-state index contributed by atoms with van der Waals surface area (Å²) in [6.45, 7) is 0. The smallest absolute Gasteiger partial charge is 0.363 e. The Morgan fingerprint density at radius 2 is 1.92 bits per heavy atom. The number of benzene rings is 2. The van der Waals surface area contributed by atoms with Crippen molar-refractivity contribution in [2.75, 3.05) is 7.11 Å². The van der Waals surface area contributed by atoms with Gasteiger partial charge in [-0.2, -0.15) is 0 Å². The molecule has 1 heterocycles. The molecule has 5 nitrogen and oxygen atoms in total. The summed E-state index contributed by atoms with van der Waals surface area (Å²) < 4.78 is 23.6. The monoisotopic (exact) mass is 325 g/mol. The van der Waals surface area contributed by atoms with Crippen molar-refractivity contribution in [2.24, 2.45) is 4.99 Å². The maximum atomic E-state index is 13.9. The largest absolute Gasteiger partial charge is 0.465 e. The first-order valence-corrected chi connectivity index (χ1v) is 7.05. The van der Waals surface area contributed by atoms with E-state index in [9.17, 15) is 14.0 Å². The van der Waals surface area contributed by atoms with Gasteiger partial charge in [0.15, 0.2) is 5.70 Å². The van der Waals surface area contributed by atoms with Crippen LogP contribution in [-0.4, -0.2) is 24.9 Å². The van der Waals surface area contributed by atoms with Gasteiger partial charge in [0.25, 0.3) is 0 Å². The number of cyclic esters (lactones) is 1. The standard InChI is InChI=1S/C18H12FNO4/c1-23-18(22)15-12(8-5-9-13(15)19)10-14-17(21)24-16(20-14)11-6-3-2-4-7-11/h2-10H,1H3. The molecule has 0 spiro atoms. The van der Waals surface area contributed by atoms with Gasteiger partial charge in [-0.1, -0.05) is 30.3 Å². The van der Waals surface area contributed by atoms with E-state index in [1.165, 1.54) is 18.2 Å². The van der Waals surface area contributed by atoms with E-state index in [-0.39, 0.29) is 22.7 Å². The lowest BCUT2D eigenvalue weighted by atomic mass is 10.1. The number of carbonyl (C=O) groups excluding carboxylic acids is 2. The summed E-state index contributed by atoms with van der Waals surface area (Å²) in [6, 6.07) is 13.0. The minimum absolute atomic E-state index is 0.0235. The van der Waals surface area contributed by atoms with Gasteiger partial charge in [-0.3, -0.25) is 0 Å². The molecule has 0 atom stereocenters. The quantitative estimate of drug-likeness (QED) is 0.643. The van der Waals surface area contributed by atoms with Crippen molar-refractivity contribution in [3.63, 3.8) is 0 Å². The summed E-state index contributed by atoms with van der Waals surface area (Å²) in [7, 11) is 1.15. The van der Waals surface area contributed by atoms with Crippen molar-refractivity contribution in [3.8, 4) is 0 Å². The summed E-state index contributed by atoms with van der Waals surface area (Å²) in [5.74, 6) is -2.09. The number of ether oxygens (including phenoxy) is 2. The minimum atomic E-state index is -0.835. The first kappa shape index (κ1) is 15.6. The molecule has 0 radical (unpaired) electrons. The molecular formula is C18H12FNO4. The number of aliphatic imine (C=N–C) groups is 1. The van der Waals surface area contributed by atoms with Gasteiger partial charge < -0.3 is 9.47 Å². The Morgan fingerprint density at radius 3 is 2.62 bits per heavy atom. The van der Waals surface area contributed by atoms with E-state index in [1.54, 1.807) is 24.3 Å². The van der Waals surface area contributed by atoms with E-state index >= 15 is 0 Å². The third-order valence-electron chi connectivity index (χ3n) is 3.37. The predicted molar refractivity (Wildman–Crippen MR) is 84.8 cm³/mol. The molecule has 0 N–H and O–H groups in total. The highest BCUT2D eigenvalue weighted by Gasteiger charge is 2.25. The number of hydrogen-bond donors (Lipinski definition) is 0. The highest BCUT2D eigenvalue weighted by molar-refractivity contribution is 6.13. The van der Waals surface area contributed by atoms with Crippen molar-refractivity contribution in [1.82, 2.24) is 0 Å². The second-order valence-electron chi connectivity index (χ2n) is 4.90. The van der Waals surface area contributed by atoms with Crippen LogP contribution in [0.3, 0.4) is 0 Å². The van der Waals surface area contributed by atoms with Crippen LogP contribution in [0.25, 0.3) is 6.08 Å². The van der Waals surface area contributed by atoms with Crippen molar-refractivity contribution in [1.29, 1.82) is 0 Å². The molecule has 2 aromatic rings. The molecule has 3 rings (SSSR count). The first-order valence-electron chi connectivity index (χ1n) is 7.05. The van der Waals surface area contributed by atoms with Gasteiger partial charge in [-0.15, -0.1) is 0 Å². The summed E-state index contributed by atoms with van der Waals surface area (Å²) in [4.78, 5) is 27.9. The molecule has 0 fully saturated rings. The summed E-state index contributed by atoms with van der Waals surface area (Å²) in [5, 5.41) is 0. The fourth-order valence-electron chi connectivity index (χ4n) is 2.24. The maximum absolute atomic E-state index is 13.9. The zero-order chi connectivity index (χ0) is 17.1. The highest BCUT2D eigenvalue weighted by Crippen LogP contribution is 2.22. The van der Waals surface area contributed by atoms with Crippen LogP contribution in [0.15, 0.2) is 59.2 Å². The van der Waals surface area contributed by atoms with Crippen LogP contribution in [0, 0.1) is 5.82 Å². The molecule has 24 heavy (non-hydrogen) atoms. The SMILES string of the molecule is COC(=O)c1c(F)cccc1C=C1N=C(c2ccccc2)OC1=O. The third-order valence-corrected chi connectivity index (χ3v) is 3.37. The Labute approximate surface area is 137 Å². The number of hydrogen-bond acceptors (Lipinski definition) is 5. The zero-order valence-electron chi connectivity index (χ0n) is 12.7. The highest BCUT2D eigenvalue weighted by atomic mass is 19.1. The molecule has 0 aliphatic carbocycles. The number of halogens is 1. The minimum Gasteiger partial charge on any atom is -0.465 e. The number of nitrogens with zero attached hydrogens (tertiary/aromatic N) is 1. The lowest BCUT2D eigenvalue weighted by molar-refractivity contribution is -0.129. The zero-order valence-corrected chi connectivity index (χ0v) is 12.7. The molecule has 0 amide bonds. The molecule has 120 valence electrons. The third kappa shape index (κ3) is 2.94. The first-order chi connectivity index (χ1) is 11.6. The molecular weight excluding hydrogens is 313 g/mol. The molecule has 1 aliphatic heterocycles. The van der Waals surface area contributed by atoms with Crippen LogP contribution >= 0.6 is 0 Å². The van der Waals surface area contributed by atoms with Crippen molar-refractivity contribution in [2.45, 2.75) is 0 Å². The van der Waals surface area contributed by atoms with E-state index in [1.807, 2.05) is 6.07 Å². The average Bonchev–Trinajstić information content (AvgIpc) is 2.96. The molecule has 2 aromatic carbocycles. The van der Waals surface area contributed by atoms with E-state index in [2.05, 4.69) is 9.73 Å². The van der Waals surface area contributed by atoms with E-state index in [0.717, 1.165) is 13.2 Å². The van der Waals surface area contributed by atoms with Gasteiger partial charge in [-0.25, -0.2) is 19.0 Å². The number of esters is 2. The van der Waals surface area contributed by atoms with Crippen LogP contribution in [0.1, 0.15) is 21.5 Å². The van der Waals surface area contributed by atoms with Gasteiger partial charge in [0.2, 0.25) is 5.90 Å². The fourth-order valence-corrected chi connectivity index (χ4v) is 2.24. The molecule has 0 saturated carbocycles. The topological polar surface area (TPSA) is 65.0 Å². The van der Waals surface area contributed by atoms with Crippen molar-refractivity contribution in [3.05, 3.63) is 76.7 Å².